The summed E-state index contributed by atoms with van der Waals surface area (Å²) in [5.74, 6) is -3.45. The predicted octanol–water partition coefficient (Wildman–Crippen LogP) is 3.58. The second-order valence-electron chi connectivity index (χ2n) is 3.30. The lowest BCUT2D eigenvalue weighted by Crippen LogP contribution is -2.14. The van der Waals surface area contributed by atoms with Crippen LogP contribution in [0.15, 0.2) is 18.2 Å². The molecule has 1 aromatic rings. The molecule has 0 amide bonds. The van der Waals surface area contributed by atoms with Gasteiger partial charge >= 0.3 is 5.92 Å². The first-order chi connectivity index (χ1) is 7.01. The first-order valence-corrected chi connectivity index (χ1v) is 5.02. The van der Waals surface area contributed by atoms with Crippen LogP contribution in [0.5, 0.6) is 0 Å². The van der Waals surface area contributed by atoms with Crippen LogP contribution in [0.25, 0.3) is 0 Å². The minimum absolute atomic E-state index is 0.288. The van der Waals surface area contributed by atoms with Crippen molar-refractivity contribution in [3.05, 3.63) is 34.3 Å². The molecule has 1 rings (SSSR count). The smallest absolute Gasteiger partial charge is 0.296 e. The summed E-state index contributed by atoms with van der Waals surface area (Å²) < 4.78 is 25.9. The number of hydrogen-bond donors (Lipinski definition) is 0. The van der Waals surface area contributed by atoms with E-state index in [0.717, 1.165) is 24.5 Å². The fourth-order valence-corrected chi connectivity index (χ4v) is 1.57. The number of carbonyl (C=O) groups excluding carboxylic acids is 1. The van der Waals surface area contributed by atoms with Gasteiger partial charge in [0.1, 0.15) is 0 Å². The number of aryl methyl sites for hydroxylation is 1. The van der Waals surface area contributed by atoms with Gasteiger partial charge in [-0.1, -0.05) is 37.1 Å². The molecule has 0 heterocycles. The summed E-state index contributed by atoms with van der Waals surface area (Å²) in [6, 6.07) is 3.94. The third kappa shape index (κ3) is 2.75. The van der Waals surface area contributed by atoms with Crippen LogP contribution in [0, 0.1) is 0 Å². The van der Waals surface area contributed by atoms with E-state index in [2.05, 4.69) is 0 Å². The summed E-state index contributed by atoms with van der Waals surface area (Å²) in [6.45, 7) is 1.98. The molecule has 1 nitrogen and oxygen atoms in total. The van der Waals surface area contributed by atoms with Crippen molar-refractivity contribution in [3.8, 4) is 0 Å². The summed E-state index contributed by atoms with van der Waals surface area (Å²) in [5.41, 5.74) is 0.465. The molecule has 0 saturated carbocycles. The second kappa shape index (κ2) is 4.71. The molecule has 0 radical (unpaired) electrons. The van der Waals surface area contributed by atoms with E-state index in [0.29, 0.717) is 0 Å². The molecule has 0 spiro atoms. The van der Waals surface area contributed by atoms with Gasteiger partial charge in [0.2, 0.25) is 0 Å². The zero-order chi connectivity index (χ0) is 11.5. The highest BCUT2D eigenvalue weighted by Gasteiger charge is 2.31. The molecule has 0 N–H and O–H groups in total. The molecule has 0 fully saturated rings. The highest BCUT2D eigenvalue weighted by Crippen LogP contribution is 2.29. The summed E-state index contributed by atoms with van der Waals surface area (Å²) >= 11 is 5.82. The minimum Gasteiger partial charge on any atom is -0.296 e. The number of aldehydes is 1. The SMILES string of the molecule is CCCc1ccc(C(F)(F)C=O)cc1Cl. The monoisotopic (exact) mass is 232 g/mol. The van der Waals surface area contributed by atoms with Gasteiger partial charge in [0.15, 0.2) is 6.29 Å². The average Bonchev–Trinajstić information content (AvgIpc) is 2.21. The maximum absolute atomic E-state index is 13.0. The van der Waals surface area contributed by atoms with Gasteiger partial charge in [-0.05, 0) is 18.1 Å². The topological polar surface area (TPSA) is 17.1 Å². The standard InChI is InChI=1S/C11H11ClF2O/c1-2-3-8-4-5-9(6-10(8)12)11(13,14)7-15/h4-7H,2-3H2,1H3. The van der Waals surface area contributed by atoms with Crippen molar-refractivity contribution >= 4 is 17.9 Å². The molecular weight excluding hydrogens is 222 g/mol. The van der Waals surface area contributed by atoms with Gasteiger partial charge in [-0.25, -0.2) is 0 Å². The van der Waals surface area contributed by atoms with Crippen molar-refractivity contribution in [1.29, 1.82) is 0 Å². The van der Waals surface area contributed by atoms with Crippen molar-refractivity contribution < 1.29 is 13.6 Å². The Morgan fingerprint density at radius 3 is 2.60 bits per heavy atom. The average molecular weight is 233 g/mol. The quantitative estimate of drug-likeness (QED) is 0.725. The van der Waals surface area contributed by atoms with Gasteiger partial charge in [-0.15, -0.1) is 0 Å². The number of hydrogen-bond acceptors (Lipinski definition) is 1. The summed E-state index contributed by atoms with van der Waals surface area (Å²) in [6.07, 6.45) is 1.26. The van der Waals surface area contributed by atoms with Gasteiger partial charge < -0.3 is 0 Å². The Morgan fingerprint density at radius 1 is 1.47 bits per heavy atom. The normalized spacial score (nSPS) is 11.5. The third-order valence-corrected chi connectivity index (χ3v) is 2.46. The lowest BCUT2D eigenvalue weighted by atomic mass is 10.0. The Morgan fingerprint density at radius 2 is 2.13 bits per heavy atom. The minimum atomic E-state index is -3.45. The van der Waals surface area contributed by atoms with Crippen LogP contribution in [0.1, 0.15) is 24.5 Å². The van der Waals surface area contributed by atoms with Crippen LogP contribution in [-0.2, 0) is 17.1 Å². The Labute approximate surface area is 92.1 Å². The van der Waals surface area contributed by atoms with Gasteiger partial charge in [0.25, 0.3) is 0 Å². The Hall–Kier alpha value is -0.960. The molecule has 0 aliphatic rings. The Balaban J connectivity index is 3.06. The van der Waals surface area contributed by atoms with Crippen molar-refractivity contribution in [2.75, 3.05) is 0 Å². The van der Waals surface area contributed by atoms with Gasteiger partial charge in [-0.2, -0.15) is 8.78 Å². The fraction of sp³-hybridized carbons (Fsp3) is 0.364. The molecule has 1 aromatic carbocycles. The molecule has 0 unspecified atom stereocenters. The number of carbonyl (C=O) groups is 1. The zero-order valence-electron chi connectivity index (χ0n) is 8.27. The van der Waals surface area contributed by atoms with Crippen LogP contribution < -0.4 is 0 Å². The number of rotatable bonds is 4. The molecule has 0 atom stereocenters. The van der Waals surface area contributed by atoms with E-state index in [9.17, 15) is 13.6 Å². The molecule has 0 aliphatic carbocycles. The molecule has 0 aliphatic heterocycles. The maximum Gasteiger partial charge on any atom is 0.327 e. The van der Waals surface area contributed by atoms with E-state index in [1.165, 1.54) is 6.07 Å². The largest absolute Gasteiger partial charge is 0.327 e. The lowest BCUT2D eigenvalue weighted by Gasteiger charge is -2.11. The fourth-order valence-electron chi connectivity index (χ4n) is 1.29. The molecule has 4 heteroatoms. The first-order valence-electron chi connectivity index (χ1n) is 4.64. The van der Waals surface area contributed by atoms with Gasteiger partial charge in [0.05, 0.1) is 0 Å². The third-order valence-electron chi connectivity index (χ3n) is 2.11. The maximum atomic E-state index is 13.0. The van der Waals surface area contributed by atoms with E-state index in [1.54, 1.807) is 6.07 Å². The van der Waals surface area contributed by atoms with E-state index < -0.39 is 5.92 Å². The Bertz CT molecular complexity index is 364. The zero-order valence-corrected chi connectivity index (χ0v) is 9.02. The van der Waals surface area contributed by atoms with Crippen LogP contribution in [0.4, 0.5) is 8.78 Å². The molecule has 82 valence electrons. The van der Waals surface area contributed by atoms with Crippen molar-refractivity contribution in [3.63, 3.8) is 0 Å². The Kier molecular flexibility index (Phi) is 3.80. The van der Waals surface area contributed by atoms with Crippen LogP contribution in [-0.4, -0.2) is 6.29 Å². The summed E-state index contributed by atoms with van der Waals surface area (Å²) in [4.78, 5) is 10.2. The van der Waals surface area contributed by atoms with Crippen LogP contribution >= 0.6 is 11.6 Å². The van der Waals surface area contributed by atoms with E-state index in [-0.39, 0.29) is 16.9 Å². The molecule has 15 heavy (non-hydrogen) atoms. The van der Waals surface area contributed by atoms with Gasteiger partial charge in [0, 0.05) is 10.6 Å². The summed E-state index contributed by atoms with van der Waals surface area (Å²) in [5, 5.41) is 0.288. The van der Waals surface area contributed by atoms with E-state index in [4.69, 9.17) is 11.6 Å². The second-order valence-corrected chi connectivity index (χ2v) is 3.70. The van der Waals surface area contributed by atoms with E-state index >= 15 is 0 Å². The lowest BCUT2D eigenvalue weighted by molar-refractivity contribution is -0.130. The number of benzene rings is 1. The molecule has 0 saturated heterocycles. The number of halogens is 3. The molecule has 0 aromatic heterocycles. The van der Waals surface area contributed by atoms with Crippen molar-refractivity contribution in [2.24, 2.45) is 0 Å². The summed E-state index contributed by atoms with van der Waals surface area (Å²) in [7, 11) is 0. The predicted molar refractivity (Wildman–Crippen MR) is 55.4 cm³/mol. The van der Waals surface area contributed by atoms with Crippen LogP contribution in [0.2, 0.25) is 5.02 Å². The molecular formula is C11H11ClF2O. The van der Waals surface area contributed by atoms with Crippen LogP contribution in [0.3, 0.4) is 0 Å². The molecule has 0 bridgehead atoms. The highest BCUT2D eigenvalue weighted by atomic mass is 35.5. The van der Waals surface area contributed by atoms with Crippen molar-refractivity contribution in [1.82, 2.24) is 0 Å². The van der Waals surface area contributed by atoms with Gasteiger partial charge in [-0.3, -0.25) is 4.79 Å². The first kappa shape index (κ1) is 12.1. The highest BCUT2D eigenvalue weighted by molar-refractivity contribution is 6.31. The van der Waals surface area contributed by atoms with E-state index in [1.807, 2.05) is 6.92 Å². The number of alkyl halides is 2. The van der Waals surface area contributed by atoms with Crippen molar-refractivity contribution in [2.45, 2.75) is 25.7 Å².